The molecule has 0 unspecified atom stereocenters. The number of amides is 4. The van der Waals surface area contributed by atoms with Crippen molar-refractivity contribution in [1.82, 2.24) is 10.6 Å². The summed E-state index contributed by atoms with van der Waals surface area (Å²) < 4.78 is 0. The van der Waals surface area contributed by atoms with Gasteiger partial charge in [-0.1, -0.05) is 37.1 Å². The Labute approximate surface area is 220 Å². The van der Waals surface area contributed by atoms with E-state index in [2.05, 4.69) is 45.5 Å². The second kappa shape index (κ2) is 10.8. The van der Waals surface area contributed by atoms with Gasteiger partial charge < -0.3 is 21.3 Å². The molecular weight excluding hydrogens is 460 g/mol. The Balaban J connectivity index is 0.917. The van der Waals surface area contributed by atoms with Gasteiger partial charge in [-0.15, -0.1) is 0 Å². The van der Waals surface area contributed by atoms with E-state index in [1.54, 1.807) is 0 Å². The van der Waals surface area contributed by atoms with Crippen molar-refractivity contribution in [3.05, 3.63) is 59.7 Å². The van der Waals surface area contributed by atoms with Crippen LogP contribution in [0.2, 0.25) is 0 Å². The Morgan fingerprint density at radius 1 is 0.595 bits per heavy atom. The zero-order valence-corrected chi connectivity index (χ0v) is 21.7. The molecule has 4 amide bonds. The summed E-state index contributed by atoms with van der Waals surface area (Å²) in [5.41, 5.74) is 3.98. The van der Waals surface area contributed by atoms with Crippen LogP contribution in [-0.4, -0.2) is 25.2 Å². The molecule has 196 valence electrons. The summed E-state index contributed by atoms with van der Waals surface area (Å²) in [5.74, 6) is 4.78. The lowest BCUT2D eigenvalue weighted by Gasteiger charge is -2.21. The molecule has 2 aromatic rings. The lowest BCUT2D eigenvalue weighted by atomic mass is 9.89. The van der Waals surface area contributed by atoms with E-state index in [4.69, 9.17) is 0 Å². The van der Waals surface area contributed by atoms with Gasteiger partial charge in [0.05, 0.1) is 0 Å². The van der Waals surface area contributed by atoms with Crippen molar-refractivity contribution in [2.75, 3.05) is 23.7 Å². The summed E-state index contributed by atoms with van der Waals surface area (Å²) >= 11 is 0. The molecular formula is C31H40N4O2. The maximum absolute atomic E-state index is 12.3. The van der Waals surface area contributed by atoms with E-state index >= 15 is 0 Å². The number of anilines is 2. The molecule has 6 heteroatoms. The zero-order chi connectivity index (χ0) is 25.2. The van der Waals surface area contributed by atoms with Crippen LogP contribution in [-0.2, 0) is 6.42 Å². The van der Waals surface area contributed by atoms with Gasteiger partial charge in [0.1, 0.15) is 0 Å². The predicted octanol–water partition coefficient (Wildman–Crippen LogP) is 6.39. The van der Waals surface area contributed by atoms with Crippen molar-refractivity contribution < 1.29 is 9.59 Å². The molecule has 4 fully saturated rings. The van der Waals surface area contributed by atoms with Crippen LogP contribution < -0.4 is 21.3 Å². The molecule has 2 aromatic carbocycles. The standard InChI is InChI=1S/C31H40N4O2/c36-30(32-18-26-16-22-1-7-24(26)14-22)34-28-9-3-20(4-10-28)13-21-5-11-29(12-6-21)35-31(37)33-19-27-17-23-2-8-25(27)15-23/h3-6,9-12,22-27H,1-2,7-8,13-19H2,(H2,32,34,36)(H2,33,35,37)/t22-,23+,24-,25-,26+,27-/m1/s1. The molecule has 0 aromatic heterocycles. The number of urea groups is 2. The average molecular weight is 501 g/mol. The van der Waals surface area contributed by atoms with E-state index in [1.165, 1.54) is 62.5 Å². The van der Waals surface area contributed by atoms with E-state index in [0.717, 1.165) is 54.6 Å². The van der Waals surface area contributed by atoms with Crippen LogP contribution >= 0.6 is 0 Å². The summed E-state index contributed by atoms with van der Waals surface area (Å²) in [5, 5.41) is 12.1. The number of hydrogen-bond acceptors (Lipinski definition) is 2. The molecule has 0 spiro atoms. The summed E-state index contributed by atoms with van der Waals surface area (Å²) in [6.07, 6.45) is 11.6. The second-order valence-corrected chi connectivity index (χ2v) is 12.1. The highest BCUT2D eigenvalue weighted by Crippen LogP contribution is 2.48. The van der Waals surface area contributed by atoms with Gasteiger partial charge in [0.2, 0.25) is 0 Å². The van der Waals surface area contributed by atoms with E-state index < -0.39 is 0 Å². The highest BCUT2D eigenvalue weighted by atomic mass is 16.2. The highest BCUT2D eigenvalue weighted by molar-refractivity contribution is 5.89. The summed E-state index contributed by atoms with van der Waals surface area (Å²) in [7, 11) is 0. The molecule has 0 saturated heterocycles. The molecule has 4 bridgehead atoms. The predicted molar refractivity (Wildman–Crippen MR) is 148 cm³/mol. The molecule has 4 aliphatic rings. The second-order valence-electron chi connectivity index (χ2n) is 12.1. The third kappa shape index (κ3) is 5.94. The SMILES string of the molecule is O=C(NC[C@@H]1C[C@@H]2CC[C@@H]1C2)Nc1ccc(Cc2ccc(NC(=O)NC[C@H]3C[C@H]4CC[C@@H]3C4)cc2)cc1. The molecule has 0 aliphatic heterocycles. The largest absolute Gasteiger partial charge is 0.338 e. The minimum Gasteiger partial charge on any atom is -0.338 e. The molecule has 4 N–H and O–H groups in total. The van der Waals surface area contributed by atoms with Crippen LogP contribution in [0.15, 0.2) is 48.5 Å². The number of hydrogen-bond donors (Lipinski definition) is 4. The summed E-state index contributed by atoms with van der Waals surface area (Å²) in [6.45, 7) is 1.58. The van der Waals surface area contributed by atoms with Crippen molar-refractivity contribution in [1.29, 1.82) is 0 Å². The van der Waals surface area contributed by atoms with Gasteiger partial charge in [-0.25, -0.2) is 9.59 Å². The fourth-order valence-corrected chi connectivity index (χ4v) is 7.70. The fraction of sp³-hybridized carbons (Fsp3) is 0.548. The molecule has 4 saturated carbocycles. The smallest absolute Gasteiger partial charge is 0.319 e. The average Bonchev–Trinajstić information content (AvgIpc) is 3.71. The van der Waals surface area contributed by atoms with Crippen LogP contribution in [0.3, 0.4) is 0 Å². The van der Waals surface area contributed by atoms with Gasteiger partial charge in [-0.3, -0.25) is 0 Å². The van der Waals surface area contributed by atoms with Gasteiger partial charge in [0.25, 0.3) is 0 Å². The first kappa shape index (κ1) is 24.3. The first-order valence-corrected chi connectivity index (χ1v) is 14.3. The van der Waals surface area contributed by atoms with Crippen LogP contribution in [0.1, 0.15) is 62.5 Å². The van der Waals surface area contributed by atoms with Gasteiger partial charge in [0.15, 0.2) is 0 Å². The maximum atomic E-state index is 12.3. The minimum atomic E-state index is -0.113. The highest BCUT2D eigenvalue weighted by Gasteiger charge is 2.40. The van der Waals surface area contributed by atoms with Crippen LogP contribution in [0, 0.1) is 35.5 Å². The molecule has 6 nitrogen and oxygen atoms in total. The Kier molecular flexibility index (Phi) is 7.08. The number of nitrogens with one attached hydrogen (secondary N) is 4. The molecule has 6 rings (SSSR count). The Hall–Kier alpha value is -3.02. The quantitative estimate of drug-likeness (QED) is 0.339. The van der Waals surface area contributed by atoms with Crippen LogP contribution in [0.5, 0.6) is 0 Å². The molecule has 4 aliphatic carbocycles. The Bertz CT molecular complexity index is 1010. The van der Waals surface area contributed by atoms with E-state index in [0.29, 0.717) is 11.8 Å². The first-order chi connectivity index (χ1) is 18.1. The molecule has 37 heavy (non-hydrogen) atoms. The lowest BCUT2D eigenvalue weighted by molar-refractivity contribution is 0.245. The van der Waals surface area contributed by atoms with Crippen molar-refractivity contribution in [2.24, 2.45) is 35.5 Å². The third-order valence-electron chi connectivity index (χ3n) is 9.65. The number of rotatable bonds is 8. The summed E-state index contributed by atoms with van der Waals surface area (Å²) in [6, 6.07) is 15.8. The molecule has 6 atom stereocenters. The maximum Gasteiger partial charge on any atom is 0.319 e. The van der Waals surface area contributed by atoms with Crippen molar-refractivity contribution in [3.8, 4) is 0 Å². The minimum absolute atomic E-state index is 0.113. The van der Waals surface area contributed by atoms with Crippen molar-refractivity contribution in [3.63, 3.8) is 0 Å². The monoisotopic (exact) mass is 500 g/mol. The number of benzene rings is 2. The van der Waals surface area contributed by atoms with E-state index in [9.17, 15) is 9.59 Å². The third-order valence-corrected chi connectivity index (χ3v) is 9.65. The van der Waals surface area contributed by atoms with Crippen molar-refractivity contribution in [2.45, 2.75) is 57.8 Å². The summed E-state index contributed by atoms with van der Waals surface area (Å²) in [4.78, 5) is 24.7. The number of fused-ring (bicyclic) bond motifs is 4. The Morgan fingerprint density at radius 3 is 1.38 bits per heavy atom. The van der Waals surface area contributed by atoms with E-state index in [1.807, 2.05) is 24.3 Å². The normalized spacial score (nSPS) is 29.3. The number of carbonyl (C=O) groups is 2. The topological polar surface area (TPSA) is 82.3 Å². The fourth-order valence-electron chi connectivity index (χ4n) is 7.70. The van der Waals surface area contributed by atoms with Gasteiger partial charge in [-0.05, 0) is 116 Å². The van der Waals surface area contributed by atoms with Crippen LogP contribution in [0.25, 0.3) is 0 Å². The van der Waals surface area contributed by atoms with Crippen molar-refractivity contribution >= 4 is 23.4 Å². The van der Waals surface area contributed by atoms with E-state index in [-0.39, 0.29) is 12.1 Å². The molecule has 0 heterocycles. The first-order valence-electron chi connectivity index (χ1n) is 14.3. The Morgan fingerprint density at radius 2 is 1.03 bits per heavy atom. The lowest BCUT2D eigenvalue weighted by Crippen LogP contribution is -2.34. The van der Waals surface area contributed by atoms with Crippen LogP contribution in [0.4, 0.5) is 21.0 Å². The number of carbonyl (C=O) groups excluding carboxylic acids is 2. The molecule has 0 radical (unpaired) electrons. The van der Waals surface area contributed by atoms with Gasteiger partial charge in [0, 0.05) is 24.5 Å². The zero-order valence-electron chi connectivity index (χ0n) is 21.7. The van der Waals surface area contributed by atoms with Gasteiger partial charge >= 0.3 is 12.1 Å². The van der Waals surface area contributed by atoms with Gasteiger partial charge in [-0.2, -0.15) is 0 Å².